The third-order valence-electron chi connectivity index (χ3n) is 2.01. The fourth-order valence-corrected chi connectivity index (χ4v) is 1.25. The zero-order valence-electron chi connectivity index (χ0n) is 8.75. The maximum Gasteiger partial charge on any atom is 0.326 e. The van der Waals surface area contributed by atoms with E-state index in [9.17, 15) is 9.59 Å². The molecule has 0 amide bonds. The Morgan fingerprint density at radius 1 is 1.41 bits per heavy atom. The summed E-state index contributed by atoms with van der Waals surface area (Å²) in [6.45, 7) is 0. The summed E-state index contributed by atoms with van der Waals surface area (Å²) in [5, 5.41) is 28.6. The predicted molar refractivity (Wildman–Crippen MR) is 58.5 cm³/mol. The number of nitriles is 1. The largest absolute Gasteiger partial charge is 0.481 e. The molecule has 1 rings (SSSR count). The van der Waals surface area contributed by atoms with Gasteiger partial charge in [0.05, 0.1) is 18.1 Å². The molecule has 3 N–H and O–H groups in total. The Bertz CT molecular complexity index is 479. The number of anilines is 1. The molecule has 1 atom stereocenters. The van der Waals surface area contributed by atoms with Gasteiger partial charge in [-0.15, -0.1) is 0 Å². The van der Waals surface area contributed by atoms with Crippen LogP contribution in [0.5, 0.6) is 0 Å². The van der Waals surface area contributed by atoms with Gasteiger partial charge >= 0.3 is 11.9 Å². The molecule has 0 aliphatic rings. The molecule has 0 saturated heterocycles. The van der Waals surface area contributed by atoms with E-state index < -0.39 is 24.4 Å². The van der Waals surface area contributed by atoms with Crippen LogP contribution in [0, 0.1) is 11.3 Å². The lowest BCUT2D eigenvalue weighted by Gasteiger charge is -2.13. The second-order valence-electron chi connectivity index (χ2n) is 3.33. The molecule has 0 radical (unpaired) electrons. The molecule has 0 aromatic heterocycles. The third kappa shape index (κ3) is 3.83. The van der Waals surface area contributed by atoms with Crippen LogP contribution in [0.25, 0.3) is 0 Å². The Labute approximate surface area is 97.1 Å². The van der Waals surface area contributed by atoms with Gasteiger partial charge in [-0.1, -0.05) is 6.07 Å². The van der Waals surface area contributed by atoms with Crippen LogP contribution in [0.4, 0.5) is 5.69 Å². The van der Waals surface area contributed by atoms with Crippen molar-refractivity contribution in [3.63, 3.8) is 0 Å². The summed E-state index contributed by atoms with van der Waals surface area (Å²) in [6, 6.07) is 6.86. The van der Waals surface area contributed by atoms with Gasteiger partial charge < -0.3 is 15.5 Å². The van der Waals surface area contributed by atoms with Crippen molar-refractivity contribution in [2.45, 2.75) is 12.5 Å². The number of carboxylic acid groups (broad SMARTS) is 2. The van der Waals surface area contributed by atoms with Crippen molar-refractivity contribution in [2.75, 3.05) is 5.32 Å². The zero-order valence-corrected chi connectivity index (χ0v) is 8.75. The molecule has 0 heterocycles. The molecular formula is C11H10N2O4. The van der Waals surface area contributed by atoms with Crippen molar-refractivity contribution < 1.29 is 19.8 Å². The summed E-state index contributed by atoms with van der Waals surface area (Å²) in [4.78, 5) is 21.3. The number of benzene rings is 1. The smallest absolute Gasteiger partial charge is 0.326 e. The molecule has 0 aliphatic carbocycles. The van der Waals surface area contributed by atoms with Crippen LogP contribution in [0.3, 0.4) is 0 Å². The molecule has 0 spiro atoms. The number of aliphatic carboxylic acids is 2. The lowest BCUT2D eigenvalue weighted by Crippen LogP contribution is -2.31. The highest BCUT2D eigenvalue weighted by Crippen LogP contribution is 2.12. The van der Waals surface area contributed by atoms with Gasteiger partial charge in [0.25, 0.3) is 0 Å². The minimum Gasteiger partial charge on any atom is -0.481 e. The van der Waals surface area contributed by atoms with E-state index in [0.717, 1.165) is 0 Å². The van der Waals surface area contributed by atoms with E-state index in [1.54, 1.807) is 18.2 Å². The van der Waals surface area contributed by atoms with Crippen molar-refractivity contribution in [3.05, 3.63) is 29.8 Å². The van der Waals surface area contributed by atoms with Gasteiger partial charge in [-0.25, -0.2) is 4.79 Å². The number of nitrogens with zero attached hydrogens (tertiary/aromatic N) is 1. The van der Waals surface area contributed by atoms with Crippen molar-refractivity contribution in [1.82, 2.24) is 0 Å². The molecule has 1 unspecified atom stereocenters. The lowest BCUT2D eigenvalue weighted by atomic mass is 10.1. The number of hydrogen-bond donors (Lipinski definition) is 3. The normalized spacial score (nSPS) is 11.2. The maximum absolute atomic E-state index is 10.8. The highest BCUT2D eigenvalue weighted by molar-refractivity contribution is 5.83. The van der Waals surface area contributed by atoms with E-state index in [4.69, 9.17) is 15.5 Å². The fraction of sp³-hybridized carbons (Fsp3) is 0.182. The molecule has 6 heteroatoms. The maximum atomic E-state index is 10.8. The Balaban J connectivity index is 2.82. The Morgan fingerprint density at radius 3 is 2.65 bits per heavy atom. The molecular weight excluding hydrogens is 224 g/mol. The first-order chi connectivity index (χ1) is 8.02. The Hall–Kier alpha value is -2.55. The standard InChI is InChI=1S/C11H10N2O4/c12-6-7-2-1-3-8(4-7)13-9(11(16)17)5-10(14)15/h1-4,9,13H,5H2,(H,14,15)(H,16,17). The van der Waals surface area contributed by atoms with Crippen molar-refractivity contribution in [1.29, 1.82) is 5.26 Å². The summed E-state index contributed by atoms with van der Waals surface area (Å²) >= 11 is 0. The average molecular weight is 234 g/mol. The van der Waals surface area contributed by atoms with E-state index in [2.05, 4.69) is 5.32 Å². The van der Waals surface area contributed by atoms with Gasteiger partial charge in [0.2, 0.25) is 0 Å². The number of carbonyl (C=O) groups is 2. The predicted octanol–water partition coefficient (Wildman–Crippen LogP) is 0.898. The summed E-state index contributed by atoms with van der Waals surface area (Å²) in [6.07, 6.45) is -0.536. The van der Waals surface area contributed by atoms with Gasteiger partial charge in [-0.3, -0.25) is 4.79 Å². The SMILES string of the molecule is N#Cc1cccc(NC(CC(=O)O)C(=O)O)c1. The van der Waals surface area contributed by atoms with Gasteiger partial charge in [0.1, 0.15) is 6.04 Å². The van der Waals surface area contributed by atoms with Crippen LogP contribution in [0.2, 0.25) is 0 Å². The molecule has 6 nitrogen and oxygen atoms in total. The van der Waals surface area contributed by atoms with Crippen LogP contribution in [0.1, 0.15) is 12.0 Å². The minimum atomic E-state index is -1.25. The number of rotatable bonds is 5. The molecule has 0 bridgehead atoms. The highest BCUT2D eigenvalue weighted by Gasteiger charge is 2.20. The highest BCUT2D eigenvalue weighted by atomic mass is 16.4. The fourth-order valence-electron chi connectivity index (χ4n) is 1.25. The first-order valence-corrected chi connectivity index (χ1v) is 4.74. The number of hydrogen-bond acceptors (Lipinski definition) is 4. The molecule has 0 aliphatic heterocycles. The van der Waals surface area contributed by atoms with E-state index >= 15 is 0 Å². The monoisotopic (exact) mass is 234 g/mol. The van der Waals surface area contributed by atoms with E-state index in [1.807, 2.05) is 6.07 Å². The van der Waals surface area contributed by atoms with E-state index in [0.29, 0.717) is 11.3 Å². The topological polar surface area (TPSA) is 110 Å². The molecule has 17 heavy (non-hydrogen) atoms. The molecule has 1 aromatic rings. The molecule has 0 saturated carbocycles. The molecule has 0 fully saturated rings. The van der Waals surface area contributed by atoms with Crippen molar-refractivity contribution in [2.24, 2.45) is 0 Å². The average Bonchev–Trinajstić information content (AvgIpc) is 2.27. The van der Waals surface area contributed by atoms with Crippen molar-refractivity contribution >= 4 is 17.6 Å². The number of carboxylic acids is 2. The van der Waals surface area contributed by atoms with E-state index in [1.165, 1.54) is 6.07 Å². The first-order valence-electron chi connectivity index (χ1n) is 4.74. The summed E-state index contributed by atoms with van der Waals surface area (Å²) in [5.41, 5.74) is 0.771. The van der Waals surface area contributed by atoms with Gasteiger partial charge in [0.15, 0.2) is 0 Å². The van der Waals surface area contributed by atoms with Gasteiger partial charge in [-0.05, 0) is 18.2 Å². The summed E-state index contributed by atoms with van der Waals surface area (Å²) in [7, 11) is 0. The van der Waals surface area contributed by atoms with Gasteiger partial charge in [0, 0.05) is 5.69 Å². The van der Waals surface area contributed by atoms with Crippen LogP contribution >= 0.6 is 0 Å². The molecule has 88 valence electrons. The van der Waals surface area contributed by atoms with Gasteiger partial charge in [-0.2, -0.15) is 5.26 Å². The third-order valence-corrected chi connectivity index (χ3v) is 2.01. The summed E-state index contributed by atoms with van der Waals surface area (Å²) in [5.74, 6) is -2.46. The first kappa shape index (κ1) is 12.5. The zero-order chi connectivity index (χ0) is 12.8. The Morgan fingerprint density at radius 2 is 2.12 bits per heavy atom. The minimum absolute atomic E-state index is 0.370. The van der Waals surface area contributed by atoms with Crippen LogP contribution in [-0.4, -0.2) is 28.2 Å². The van der Waals surface area contributed by atoms with Crippen molar-refractivity contribution in [3.8, 4) is 6.07 Å². The quantitative estimate of drug-likeness (QED) is 0.698. The molecule has 1 aromatic carbocycles. The number of nitrogens with one attached hydrogen (secondary N) is 1. The van der Waals surface area contributed by atoms with Crippen LogP contribution in [0.15, 0.2) is 24.3 Å². The Kier molecular flexibility index (Phi) is 4.06. The second kappa shape index (κ2) is 5.51. The second-order valence-corrected chi connectivity index (χ2v) is 3.33. The van der Waals surface area contributed by atoms with Crippen LogP contribution in [-0.2, 0) is 9.59 Å². The summed E-state index contributed by atoms with van der Waals surface area (Å²) < 4.78 is 0. The lowest BCUT2D eigenvalue weighted by molar-refractivity contribution is -0.144. The van der Waals surface area contributed by atoms with Crippen LogP contribution < -0.4 is 5.32 Å². The van der Waals surface area contributed by atoms with E-state index in [-0.39, 0.29) is 0 Å².